The molecule has 0 bridgehead atoms. The van der Waals surface area contributed by atoms with Crippen molar-refractivity contribution < 1.29 is 49.0 Å². The van der Waals surface area contributed by atoms with Gasteiger partial charge >= 0.3 is 0 Å². The van der Waals surface area contributed by atoms with Crippen LogP contribution in [0.4, 0.5) is 0 Å². The lowest BCUT2D eigenvalue weighted by molar-refractivity contribution is -0.158. The molecule has 4 atom stereocenters. The predicted octanol–water partition coefficient (Wildman–Crippen LogP) is 4.74. The Bertz CT molecular complexity index is 959. The van der Waals surface area contributed by atoms with Crippen molar-refractivity contribution in [1.29, 1.82) is 0 Å². The van der Waals surface area contributed by atoms with Gasteiger partial charge in [-0.1, -0.05) is 75.7 Å². The van der Waals surface area contributed by atoms with Crippen LogP contribution in [0.1, 0.15) is 89.0 Å². The summed E-state index contributed by atoms with van der Waals surface area (Å²) in [5.74, 6) is -0.734. The van der Waals surface area contributed by atoms with Crippen LogP contribution in [0.25, 0.3) is 0 Å². The fourth-order valence-corrected chi connectivity index (χ4v) is 4.31. The molecule has 0 aromatic heterocycles. The zero-order chi connectivity index (χ0) is 34.5. The predicted molar refractivity (Wildman–Crippen MR) is 176 cm³/mol. The summed E-state index contributed by atoms with van der Waals surface area (Å²) in [5, 5.41) is 38.0. The number of aliphatic hydroxyl groups is 4. The van der Waals surface area contributed by atoms with Crippen LogP contribution in [0.3, 0.4) is 0 Å². The Morgan fingerprint density at radius 2 is 1.02 bits per heavy atom. The normalized spacial score (nSPS) is 12.9. The van der Waals surface area contributed by atoms with Gasteiger partial charge in [-0.2, -0.15) is 0 Å². The highest BCUT2D eigenvalue weighted by molar-refractivity contribution is 5.39. The van der Waals surface area contributed by atoms with E-state index >= 15 is 0 Å². The van der Waals surface area contributed by atoms with Crippen LogP contribution < -0.4 is 0 Å². The molecule has 10 heteroatoms. The second-order valence-electron chi connectivity index (χ2n) is 10.1. The van der Waals surface area contributed by atoms with Gasteiger partial charge in [0.15, 0.2) is 0 Å². The van der Waals surface area contributed by atoms with E-state index in [1.165, 1.54) is 0 Å². The van der Waals surface area contributed by atoms with Gasteiger partial charge in [0.05, 0.1) is 25.0 Å². The van der Waals surface area contributed by atoms with Crippen molar-refractivity contribution >= 4 is 12.9 Å². The van der Waals surface area contributed by atoms with Crippen molar-refractivity contribution in [2.45, 2.75) is 92.1 Å². The smallest absolute Gasteiger partial charge is 0.295 e. The minimum Gasteiger partial charge on any atom is -0.437 e. The van der Waals surface area contributed by atoms with Crippen molar-refractivity contribution in [1.82, 2.24) is 0 Å². The van der Waals surface area contributed by atoms with E-state index in [4.69, 9.17) is 9.47 Å². The molecule has 0 saturated carbocycles. The summed E-state index contributed by atoms with van der Waals surface area (Å²) in [5.41, 5.74) is 3.76. The maximum atomic E-state index is 10.3. The van der Waals surface area contributed by atoms with Crippen LogP contribution in [0.5, 0.6) is 0 Å². The van der Waals surface area contributed by atoms with Gasteiger partial charge in [0.2, 0.25) is 12.6 Å². The maximum absolute atomic E-state index is 10.3. The van der Waals surface area contributed by atoms with E-state index in [1.54, 1.807) is 0 Å². The largest absolute Gasteiger partial charge is 0.437 e. The topological polar surface area (TPSA) is 152 Å². The first-order valence-corrected chi connectivity index (χ1v) is 15.7. The van der Waals surface area contributed by atoms with E-state index in [1.807, 2.05) is 76.2 Å². The number of hydrogen-bond donors (Lipinski definition) is 4. The van der Waals surface area contributed by atoms with Gasteiger partial charge in [0.25, 0.3) is 12.9 Å². The number of rotatable bonds is 18. The molecule has 2 aromatic rings. The molecule has 2 rings (SSSR count). The molecule has 10 nitrogen and oxygen atoms in total. The van der Waals surface area contributed by atoms with Crippen LogP contribution in [0.2, 0.25) is 0 Å². The van der Waals surface area contributed by atoms with E-state index in [2.05, 4.69) is 30.2 Å². The van der Waals surface area contributed by atoms with Gasteiger partial charge in [0.1, 0.15) is 0 Å². The van der Waals surface area contributed by atoms with Gasteiger partial charge in [-0.25, -0.2) is 0 Å². The van der Waals surface area contributed by atoms with Gasteiger partial charge < -0.3 is 39.4 Å². The molecule has 2 aromatic carbocycles. The summed E-state index contributed by atoms with van der Waals surface area (Å²) >= 11 is 0. The number of carbonyl (C=O) groups is 2. The molecule has 258 valence electrons. The maximum Gasteiger partial charge on any atom is 0.295 e. The Labute approximate surface area is 270 Å². The Hall–Kier alpha value is -2.86. The first-order chi connectivity index (χ1) is 21.7. The molecule has 0 heterocycles. The van der Waals surface area contributed by atoms with Crippen LogP contribution in [0, 0.1) is 5.92 Å². The number of ether oxygens (including phenoxy) is 4. The number of benzene rings is 2. The first kappa shape index (κ1) is 44.3. The quantitative estimate of drug-likeness (QED) is 0.133. The SMILES string of the molecule is CC(C)Cc1ccccc1C(CO)C(O)OC=O.CCCc1ccccc1C(CO)C(O)OC=O.CCOCC.CCOCC. The lowest BCUT2D eigenvalue weighted by Crippen LogP contribution is -2.25. The molecule has 0 aliphatic rings. The first-order valence-electron chi connectivity index (χ1n) is 15.7. The van der Waals surface area contributed by atoms with E-state index in [-0.39, 0.29) is 26.2 Å². The standard InChI is InChI=1S/C14H20O4.C13H18O4.2C4H10O/c1-10(2)7-11-5-3-4-6-12(11)13(8-15)14(17)18-9-16;1-2-5-10-6-3-4-7-11(10)12(8-14)13(16)17-9-15;2*1-3-5-4-2/h3-6,9-10,13-15,17H,7-8H2,1-2H3;3-4,6-7,9,12-14,16H,2,5,8H2,1H3;2*3-4H2,1-2H3. The van der Waals surface area contributed by atoms with Crippen LogP contribution in [0.15, 0.2) is 48.5 Å². The Morgan fingerprint density at radius 1 is 0.644 bits per heavy atom. The summed E-state index contributed by atoms with van der Waals surface area (Å²) in [6, 6.07) is 15.1. The summed E-state index contributed by atoms with van der Waals surface area (Å²) in [6.45, 7) is 17.4. The van der Waals surface area contributed by atoms with Crippen LogP contribution >= 0.6 is 0 Å². The summed E-state index contributed by atoms with van der Waals surface area (Å²) in [6.07, 6.45) is 0.0529. The van der Waals surface area contributed by atoms with Crippen molar-refractivity contribution in [2.24, 2.45) is 5.92 Å². The highest BCUT2D eigenvalue weighted by Crippen LogP contribution is 2.26. The molecule has 4 unspecified atom stereocenters. The fourth-order valence-electron chi connectivity index (χ4n) is 4.31. The lowest BCUT2D eigenvalue weighted by atomic mass is 9.90. The lowest BCUT2D eigenvalue weighted by Gasteiger charge is -2.22. The molecule has 0 aliphatic carbocycles. The minimum absolute atomic E-state index is 0.190. The highest BCUT2D eigenvalue weighted by Gasteiger charge is 2.25. The summed E-state index contributed by atoms with van der Waals surface area (Å²) in [7, 11) is 0. The number of aliphatic hydroxyl groups excluding tert-OH is 4. The third-order valence-electron chi connectivity index (χ3n) is 6.34. The van der Waals surface area contributed by atoms with E-state index < -0.39 is 24.4 Å². The van der Waals surface area contributed by atoms with E-state index in [0.717, 1.165) is 67.9 Å². The van der Waals surface area contributed by atoms with Crippen molar-refractivity contribution in [3.8, 4) is 0 Å². The molecule has 0 saturated heterocycles. The van der Waals surface area contributed by atoms with Gasteiger partial charge in [-0.15, -0.1) is 0 Å². The molecule has 45 heavy (non-hydrogen) atoms. The molecule has 4 N–H and O–H groups in total. The number of aryl methyl sites for hydroxylation is 1. The zero-order valence-electron chi connectivity index (χ0n) is 28.3. The fraction of sp³-hybridized carbons (Fsp3) is 0.600. The third-order valence-corrected chi connectivity index (χ3v) is 6.34. The van der Waals surface area contributed by atoms with E-state index in [0.29, 0.717) is 5.92 Å². The third kappa shape index (κ3) is 20.0. The zero-order valence-corrected chi connectivity index (χ0v) is 28.3. The average Bonchev–Trinajstić information content (AvgIpc) is 3.02. The molecule has 0 amide bonds. The molecular formula is C35H58O10. The summed E-state index contributed by atoms with van der Waals surface area (Å²) in [4.78, 5) is 20.5. The summed E-state index contributed by atoms with van der Waals surface area (Å²) < 4.78 is 18.7. The van der Waals surface area contributed by atoms with Crippen LogP contribution in [-0.2, 0) is 41.4 Å². The Morgan fingerprint density at radius 3 is 1.33 bits per heavy atom. The second kappa shape index (κ2) is 29.8. The molecule has 0 fully saturated rings. The Kier molecular flexibility index (Phi) is 29.3. The van der Waals surface area contributed by atoms with Crippen LogP contribution in [-0.4, -0.2) is 85.6 Å². The average molecular weight is 639 g/mol. The van der Waals surface area contributed by atoms with Gasteiger partial charge in [-0.05, 0) is 68.7 Å². The molecule has 0 aliphatic heterocycles. The van der Waals surface area contributed by atoms with Gasteiger partial charge in [0, 0.05) is 26.4 Å². The van der Waals surface area contributed by atoms with Gasteiger partial charge in [-0.3, -0.25) is 9.59 Å². The monoisotopic (exact) mass is 638 g/mol. The van der Waals surface area contributed by atoms with Crippen molar-refractivity contribution in [3.63, 3.8) is 0 Å². The molecule has 0 spiro atoms. The van der Waals surface area contributed by atoms with E-state index in [9.17, 15) is 30.0 Å². The Balaban J connectivity index is 0. The number of hydrogen-bond acceptors (Lipinski definition) is 10. The highest BCUT2D eigenvalue weighted by atomic mass is 16.6. The molecule has 0 radical (unpaired) electrons. The van der Waals surface area contributed by atoms with Crippen molar-refractivity contribution in [3.05, 3.63) is 70.8 Å². The second-order valence-corrected chi connectivity index (χ2v) is 10.1. The van der Waals surface area contributed by atoms with Crippen molar-refractivity contribution in [2.75, 3.05) is 39.6 Å². The minimum atomic E-state index is -1.32. The molecular weight excluding hydrogens is 580 g/mol. The number of carbonyl (C=O) groups excluding carboxylic acids is 2.